The summed E-state index contributed by atoms with van der Waals surface area (Å²) in [4.78, 5) is 2.34. The van der Waals surface area contributed by atoms with Crippen LogP contribution in [-0.2, 0) is 0 Å². The van der Waals surface area contributed by atoms with E-state index in [1.165, 1.54) is 12.1 Å². The molecule has 1 aromatic carbocycles. The quantitative estimate of drug-likeness (QED) is 0.759. The van der Waals surface area contributed by atoms with Crippen LogP contribution in [0, 0.1) is 5.82 Å². The minimum Gasteiger partial charge on any atom is -0.364 e. The van der Waals surface area contributed by atoms with Gasteiger partial charge >= 0.3 is 0 Å². The molecule has 1 aliphatic rings. The smallest absolute Gasteiger partial charge is 0.123 e. The summed E-state index contributed by atoms with van der Waals surface area (Å²) in [5, 5.41) is 3.38. The van der Waals surface area contributed by atoms with E-state index < -0.39 is 0 Å². The Kier molecular flexibility index (Phi) is 2.91. The lowest BCUT2D eigenvalue weighted by atomic mass is 10.1. The van der Waals surface area contributed by atoms with Gasteiger partial charge in [-0.2, -0.15) is 0 Å². The normalized spacial score (nSPS) is 26.7. The molecular formula is C12H17FN2. The first-order chi connectivity index (χ1) is 7.18. The highest BCUT2D eigenvalue weighted by molar-refractivity contribution is 5.48. The van der Waals surface area contributed by atoms with Crippen LogP contribution in [0.15, 0.2) is 24.3 Å². The Hall–Kier alpha value is -1.09. The lowest BCUT2D eigenvalue weighted by molar-refractivity contribution is 0.432. The highest BCUT2D eigenvalue weighted by Gasteiger charge is 2.24. The fourth-order valence-electron chi connectivity index (χ4n) is 2.25. The second kappa shape index (κ2) is 4.19. The van der Waals surface area contributed by atoms with Crippen LogP contribution in [0.4, 0.5) is 10.1 Å². The minimum atomic E-state index is -0.172. The van der Waals surface area contributed by atoms with Crippen LogP contribution < -0.4 is 10.2 Å². The topological polar surface area (TPSA) is 15.3 Å². The molecule has 1 saturated heterocycles. The Labute approximate surface area is 90.1 Å². The summed E-state index contributed by atoms with van der Waals surface area (Å²) in [7, 11) is 0. The third-order valence-corrected chi connectivity index (χ3v) is 2.95. The molecule has 0 aliphatic carbocycles. The third-order valence-electron chi connectivity index (χ3n) is 2.95. The van der Waals surface area contributed by atoms with Gasteiger partial charge in [-0.15, -0.1) is 0 Å². The Morgan fingerprint density at radius 3 is 2.20 bits per heavy atom. The van der Waals surface area contributed by atoms with Crippen molar-refractivity contribution in [2.75, 3.05) is 18.0 Å². The molecule has 82 valence electrons. The molecule has 0 aromatic heterocycles. The number of hydrogen-bond donors (Lipinski definition) is 1. The lowest BCUT2D eigenvalue weighted by Crippen LogP contribution is -2.55. The Morgan fingerprint density at radius 2 is 1.67 bits per heavy atom. The van der Waals surface area contributed by atoms with Crippen molar-refractivity contribution >= 4 is 5.69 Å². The first-order valence-corrected chi connectivity index (χ1v) is 5.43. The number of benzene rings is 1. The van der Waals surface area contributed by atoms with Gasteiger partial charge < -0.3 is 10.2 Å². The van der Waals surface area contributed by atoms with E-state index in [4.69, 9.17) is 0 Å². The van der Waals surface area contributed by atoms with Crippen LogP contribution in [0.5, 0.6) is 0 Å². The second-order valence-corrected chi connectivity index (χ2v) is 4.24. The molecule has 1 N–H and O–H groups in total. The summed E-state index contributed by atoms with van der Waals surface area (Å²) < 4.78 is 12.8. The molecule has 0 amide bonds. The van der Waals surface area contributed by atoms with Crippen molar-refractivity contribution in [3.05, 3.63) is 30.1 Å². The zero-order valence-electron chi connectivity index (χ0n) is 9.20. The second-order valence-electron chi connectivity index (χ2n) is 4.24. The van der Waals surface area contributed by atoms with E-state index in [-0.39, 0.29) is 5.82 Å². The van der Waals surface area contributed by atoms with Gasteiger partial charge in [0.25, 0.3) is 0 Å². The summed E-state index contributed by atoms with van der Waals surface area (Å²) in [5.41, 5.74) is 1.11. The van der Waals surface area contributed by atoms with Gasteiger partial charge in [0.05, 0.1) is 0 Å². The van der Waals surface area contributed by atoms with Crippen LogP contribution in [0.3, 0.4) is 0 Å². The molecule has 0 radical (unpaired) electrons. The van der Waals surface area contributed by atoms with Gasteiger partial charge in [-0.3, -0.25) is 0 Å². The fourth-order valence-corrected chi connectivity index (χ4v) is 2.25. The van der Waals surface area contributed by atoms with Crippen molar-refractivity contribution in [2.24, 2.45) is 0 Å². The standard InChI is InChI=1S/C12H17FN2/c1-9-7-14-8-10(2)15(9)12-5-3-11(13)4-6-12/h3-6,9-10,14H,7-8H2,1-2H3/t9-,10+. The maximum atomic E-state index is 12.8. The van der Waals surface area contributed by atoms with Gasteiger partial charge in [-0.1, -0.05) is 0 Å². The van der Waals surface area contributed by atoms with Gasteiger partial charge in [-0.25, -0.2) is 4.39 Å². The van der Waals surface area contributed by atoms with Crippen molar-refractivity contribution in [1.82, 2.24) is 5.32 Å². The van der Waals surface area contributed by atoms with Crippen LogP contribution in [-0.4, -0.2) is 25.2 Å². The number of hydrogen-bond acceptors (Lipinski definition) is 2. The zero-order valence-corrected chi connectivity index (χ0v) is 9.20. The van der Waals surface area contributed by atoms with E-state index in [0.29, 0.717) is 12.1 Å². The largest absolute Gasteiger partial charge is 0.364 e. The summed E-state index contributed by atoms with van der Waals surface area (Å²) in [6.07, 6.45) is 0. The molecule has 1 aromatic rings. The zero-order chi connectivity index (χ0) is 10.8. The molecule has 0 unspecified atom stereocenters. The van der Waals surface area contributed by atoms with Gasteiger partial charge in [-0.05, 0) is 38.1 Å². The maximum Gasteiger partial charge on any atom is 0.123 e. The van der Waals surface area contributed by atoms with E-state index in [1.807, 2.05) is 12.1 Å². The summed E-state index contributed by atoms with van der Waals surface area (Å²) >= 11 is 0. The SMILES string of the molecule is C[C@@H]1CNC[C@H](C)N1c1ccc(F)cc1. The monoisotopic (exact) mass is 208 g/mol. The number of anilines is 1. The van der Waals surface area contributed by atoms with Gasteiger partial charge in [0.15, 0.2) is 0 Å². The predicted molar refractivity (Wildman–Crippen MR) is 60.7 cm³/mol. The highest BCUT2D eigenvalue weighted by atomic mass is 19.1. The van der Waals surface area contributed by atoms with Crippen molar-refractivity contribution in [1.29, 1.82) is 0 Å². The van der Waals surface area contributed by atoms with Gasteiger partial charge in [0.1, 0.15) is 5.82 Å². The molecule has 3 heteroatoms. The molecule has 1 aliphatic heterocycles. The molecular weight excluding hydrogens is 191 g/mol. The molecule has 0 bridgehead atoms. The van der Waals surface area contributed by atoms with Crippen molar-refractivity contribution in [3.8, 4) is 0 Å². The minimum absolute atomic E-state index is 0.172. The Balaban J connectivity index is 2.23. The van der Waals surface area contributed by atoms with E-state index in [0.717, 1.165) is 18.8 Å². The predicted octanol–water partition coefficient (Wildman–Crippen LogP) is 2.01. The highest BCUT2D eigenvalue weighted by Crippen LogP contribution is 2.21. The first-order valence-electron chi connectivity index (χ1n) is 5.43. The number of rotatable bonds is 1. The van der Waals surface area contributed by atoms with Crippen molar-refractivity contribution < 1.29 is 4.39 Å². The summed E-state index contributed by atoms with van der Waals surface area (Å²) in [6.45, 7) is 6.35. The Morgan fingerprint density at radius 1 is 1.13 bits per heavy atom. The first kappa shape index (κ1) is 10.4. The third kappa shape index (κ3) is 2.12. The van der Waals surface area contributed by atoms with Crippen molar-refractivity contribution in [2.45, 2.75) is 25.9 Å². The van der Waals surface area contributed by atoms with E-state index >= 15 is 0 Å². The molecule has 0 spiro atoms. The number of halogens is 1. The number of nitrogens with zero attached hydrogens (tertiary/aromatic N) is 1. The van der Waals surface area contributed by atoms with Crippen LogP contribution in [0.25, 0.3) is 0 Å². The van der Waals surface area contributed by atoms with Crippen LogP contribution in [0.1, 0.15) is 13.8 Å². The van der Waals surface area contributed by atoms with Gasteiger partial charge in [0, 0.05) is 30.9 Å². The molecule has 0 saturated carbocycles. The molecule has 1 heterocycles. The summed E-state index contributed by atoms with van der Waals surface area (Å²) in [5.74, 6) is -0.172. The van der Waals surface area contributed by atoms with E-state index in [1.54, 1.807) is 0 Å². The molecule has 15 heavy (non-hydrogen) atoms. The molecule has 2 atom stereocenters. The summed E-state index contributed by atoms with van der Waals surface area (Å²) in [6, 6.07) is 7.67. The fraction of sp³-hybridized carbons (Fsp3) is 0.500. The van der Waals surface area contributed by atoms with E-state index in [2.05, 4.69) is 24.1 Å². The molecule has 2 rings (SSSR count). The van der Waals surface area contributed by atoms with Gasteiger partial charge in [0.2, 0.25) is 0 Å². The van der Waals surface area contributed by atoms with E-state index in [9.17, 15) is 4.39 Å². The average Bonchev–Trinajstić information content (AvgIpc) is 2.20. The molecule has 2 nitrogen and oxygen atoms in total. The molecule has 1 fully saturated rings. The van der Waals surface area contributed by atoms with Crippen LogP contribution >= 0.6 is 0 Å². The van der Waals surface area contributed by atoms with Crippen LogP contribution in [0.2, 0.25) is 0 Å². The number of nitrogens with one attached hydrogen (secondary N) is 1. The maximum absolute atomic E-state index is 12.8. The number of piperazine rings is 1. The lowest BCUT2D eigenvalue weighted by Gasteiger charge is -2.41. The Bertz CT molecular complexity index is 313. The average molecular weight is 208 g/mol. The van der Waals surface area contributed by atoms with Crippen molar-refractivity contribution in [3.63, 3.8) is 0 Å².